The molecule has 2 fully saturated rings. The Kier molecular flexibility index (Phi) is 10.0. The zero-order valence-electron chi connectivity index (χ0n) is 28.3. The van der Waals surface area contributed by atoms with E-state index in [2.05, 4.69) is 65.1 Å². The maximum absolute atomic E-state index is 13.8. The van der Waals surface area contributed by atoms with E-state index >= 15 is 0 Å². The van der Waals surface area contributed by atoms with E-state index in [1.807, 2.05) is 53.2 Å². The van der Waals surface area contributed by atoms with Crippen LogP contribution >= 0.6 is 11.6 Å². The van der Waals surface area contributed by atoms with E-state index in [1.54, 1.807) is 12.5 Å². The Bertz CT molecular complexity index is 1850. The van der Waals surface area contributed by atoms with Gasteiger partial charge in [0.1, 0.15) is 5.75 Å². The number of carbonyl (C=O) groups excluding carboxylic acids is 1. The van der Waals surface area contributed by atoms with Gasteiger partial charge in [0.05, 0.1) is 12.4 Å². The fourth-order valence-corrected chi connectivity index (χ4v) is 7.71. The number of fused-ring (bicyclic) bond motifs is 1. The minimum Gasteiger partial charge on any atom is -0.452 e. The van der Waals surface area contributed by atoms with Crippen LogP contribution in [0.15, 0.2) is 121 Å². The van der Waals surface area contributed by atoms with E-state index in [1.165, 1.54) is 35.2 Å². The molecular formula is C42H45ClN4O2. The van der Waals surface area contributed by atoms with Crippen LogP contribution in [-0.2, 0) is 17.8 Å². The molecule has 1 N–H and O–H groups in total. The molecule has 7 rings (SSSR count). The number of hydrogen-bond donors (Lipinski definition) is 1. The molecule has 1 aromatic heterocycles. The van der Waals surface area contributed by atoms with Gasteiger partial charge >= 0.3 is 0 Å². The Balaban J connectivity index is 1.05. The number of allylic oxidation sites excluding steroid dienone is 3. The van der Waals surface area contributed by atoms with Gasteiger partial charge in [0, 0.05) is 53.4 Å². The SMILES string of the molecule is C=C1CCCCN1Cc1ccccc1C1CCC(=CC(Cc2ccc(Cl)cc2)NC(=O)C2=CC(C)c3cc(-n4ccnc4)ccc3O2)CC1. The number of imidazole rings is 1. The number of likely N-dealkylation sites (tertiary alicyclic amines) is 1. The number of hydrogen-bond acceptors (Lipinski definition) is 4. The molecule has 0 radical (unpaired) electrons. The van der Waals surface area contributed by atoms with Gasteiger partial charge in [-0.25, -0.2) is 4.98 Å². The summed E-state index contributed by atoms with van der Waals surface area (Å²) in [4.78, 5) is 20.4. The highest BCUT2D eigenvalue weighted by Crippen LogP contribution is 2.39. The normalized spacial score (nSPS) is 19.8. The van der Waals surface area contributed by atoms with E-state index < -0.39 is 0 Å². The Morgan fingerprint density at radius 2 is 1.88 bits per heavy atom. The molecule has 0 spiro atoms. The number of piperidine rings is 1. The van der Waals surface area contributed by atoms with Gasteiger partial charge in [-0.05, 0) is 110 Å². The Labute approximate surface area is 295 Å². The van der Waals surface area contributed by atoms with Crippen LogP contribution in [0.4, 0.5) is 0 Å². The van der Waals surface area contributed by atoms with Crippen molar-refractivity contribution >= 4 is 17.5 Å². The van der Waals surface area contributed by atoms with Crippen LogP contribution < -0.4 is 10.1 Å². The molecule has 1 saturated carbocycles. The number of benzene rings is 3. The van der Waals surface area contributed by atoms with Crippen LogP contribution in [0, 0.1) is 0 Å². The largest absolute Gasteiger partial charge is 0.452 e. The molecule has 1 aliphatic carbocycles. The average molecular weight is 673 g/mol. The highest BCUT2D eigenvalue weighted by molar-refractivity contribution is 6.30. The molecule has 1 saturated heterocycles. The first-order chi connectivity index (χ1) is 23.9. The molecule has 3 aromatic carbocycles. The van der Waals surface area contributed by atoms with Gasteiger partial charge in [-0.1, -0.05) is 73.2 Å². The van der Waals surface area contributed by atoms with Gasteiger partial charge < -0.3 is 19.5 Å². The summed E-state index contributed by atoms with van der Waals surface area (Å²) in [5.41, 5.74) is 8.77. The molecule has 7 heteroatoms. The number of rotatable bonds is 9. The first kappa shape index (κ1) is 33.0. The quantitative estimate of drug-likeness (QED) is 0.180. The van der Waals surface area contributed by atoms with Crippen LogP contribution in [0.5, 0.6) is 5.75 Å². The molecule has 3 heterocycles. The van der Waals surface area contributed by atoms with Crippen LogP contribution in [0.3, 0.4) is 0 Å². The van der Waals surface area contributed by atoms with E-state index in [0.717, 1.165) is 62.0 Å². The maximum atomic E-state index is 13.8. The predicted molar refractivity (Wildman–Crippen MR) is 197 cm³/mol. The van der Waals surface area contributed by atoms with Crippen LogP contribution in [0.2, 0.25) is 5.02 Å². The molecule has 6 nitrogen and oxygen atoms in total. The minimum atomic E-state index is -0.200. The van der Waals surface area contributed by atoms with Crippen LogP contribution in [0.25, 0.3) is 5.69 Å². The lowest BCUT2D eigenvalue weighted by molar-refractivity contribution is -0.120. The van der Waals surface area contributed by atoms with E-state index in [0.29, 0.717) is 28.9 Å². The lowest BCUT2D eigenvalue weighted by Crippen LogP contribution is -2.38. The summed E-state index contributed by atoms with van der Waals surface area (Å²) in [5, 5.41) is 4.02. The topological polar surface area (TPSA) is 59.4 Å². The summed E-state index contributed by atoms with van der Waals surface area (Å²) in [6.07, 6.45) is 18.2. The van der Waals surface area contributed by atoms with Crippen LogP contribution in [-0.4, -0.2) is 32.9 Å². The molecule has 2 atom stereocenters. The zero-order valence-corrected chi connectivity index (χ0v) is 29.0. The van der Waals surface area contributed by atoms with Gasteiger partial charge in [0.15, 0.2) is 5.76 Å². The van der Waals surface area contributed by atoms with E-state index in [-0.39, 0.29) is 17.9 Å². The fourth-order valence-electron chi connectivity index (χ4n) is 7.59. The molecule has 252 valence electrons. The van der Waals surface area contributed by atoms with Crippen molar-refractivity contribution in [1.29, 1.82) is 0 Å². The van der Waals surface area contributed by atoms with Crippen molar-refractivity contribution < 1.29 is 9.53 Å². The zero-order chi connectivity index (χ0) is 33.7. The highest BCUT2D eigenvalue weighted by atomic mass is 35.5. The number of carbonyl (C=O) groups is 1. The van der Waals surface area contributed by atoms with Crippen molar-refractivity contribution in [2.75, 3.05) is 6.54 Å². The average Bonchev–Trinajstić information content (AvgIpc) is 3.66. The van der Waals surface area contributed by atoms with Gasteiger partial charge in [-0.3, -0.25) is 4.79 Å². The van der Waals surface area contributed by atoms with Gasteiger partial charge in [0.2, 0.25) is 0 Å². The molecule has 1 amide bonds. The standard InChI is InChI=1S/C42H45ClN4O2/c1-29-23-41(49-40-19-18-37(26-39(29)40)47-22-20-44-28-47)42(48)45-36(25-32-12-16-35(43)17-13-32)24-31-10-14-33(15-11-31)38-9-4-3-8-34(38)27-46-21-6-5-7-30(46)2/h3-4,8-9,12-13,16-20,22-24,26,28-29,33,36H,2,5-7,10-11,14-15,21,25,27H2,1H3,(H,45,48). The molecule has 2 aliphatic heterocycles. The second-order valence-electron chi connectivity index (χ2n) is 13.8. The van der Waals surface area contributed by atoms with Crippen molar-refractivity contribution in [2.24, 2.45) is 0 Å². The Hall–Kier alpha value is -4.55. The molecule has 3 aliphatic rings. The smallest absolute Gasteiger partial charge is 0.287 e. The van der Waals surface area contributed by atoms with Gasteiger partial charge in [-0.2, -0.15) is 0 Å². The van der Waals surface area contributed by atoms with Gasteiger partial charge in [0.25, 0.3) is 5.91 Å². The summed E-state index contributed by atoms with van der Waals surface area (Å²) in [7, 11) is 0. The van der Waals surface area contributed by atoms with E-state index in [9.17, 15) is 4.79 Å². The third-order valence-electron chi connectivity index (χ3n) is 10.3. The lowest BCUT2D eigenvalue weighted by atomic mass is 9.79. The number of amides is 1. The predicted octanol–water partition coefficient (Wildman–Crippen LogP) is 9.42. The Morgan fingerprint density at radius 1 is 1.06 bits per heavy atom. The first-order valence-electron chi connectivity index (χ1n) is 17.7. The number of nitrogens with one attached hydrogen (secondary N) is 1. The fraction of sp³-hybridized carbons (Fsp3) is 0.333. The molecular weight excluding hydrogens is 628 g/mol. The number of aromatic nitrogens is 2. The second kappa shape index (κ2) is 14.9. The number of nitrogens with zero attached hydrogens (tertiary/aromatic N) is 3. The molecule has 4 aromatic rings. The summed E-state index contributed by atoms with van der Waals surface area (Å²) < 4.78 is 8.17. The molecule has 0 bridgehead atoms. The summed E-state index contributed by atoms with van der Waals surface area (Å²) in [6.45, 7) is 8.50. The number of halogens is 1. The van der Waals surface area contributed by atoms with Crippen molar-refractivity contribution in [3.63, 3.8) is 0 Å². The summed E-state index contributed by atoms with van der Waals surface area (Å²) in [5.74, 6) is 1.40. The second-order valence-corrected chi connectivity index (χ2v) is 14.2. The van der Waals surface area contributed by atoms with Crippen molar-refractivity contribution in [1.82, 2.24) is 19.8 Å². The lowest BCUT2D eigenvalue weighted by Gasteiger charge is -2.33. The first-order valence-corrected chi connectivity index (χ1v) is 18.0. The van der Waals surface area contributed by atoms with Crippen molar-refractivity contribution in [2.45, 2.75) is 82.7 Å². The van der Waals surface area contributed by atoms with E-state index in [4.69, 9.17) is 16.3 Å². The van der Waals surface area contributed by atoms with Crippen molar-refractivity contribution in [3.8, 4) is 11.4 Å². The Morgan fingerprint density at radius 3 is 2.65 bits per heavy atom. The number of ether oxygens (including phenoxy) is 1. The molecule has 2 unspecified atom stereocenters. The van der Waals surface area contributed by atoms with Crippen molar-refractivity contribution in [3.05, 3.63) is 148 Å². The summed E-state index contributed by atoms with van der Waals surface area (Å²) in [6, 6.07) is 22.7. The third kappa shape index (κ3) is 7.86. The highest BCUT2D eigenvalue weighted by Gasteiger charge is 2.27. The van der Waals surface area contributed by atoms with Crippen LogP contribution in [0.1, 0.15) is 86.0 Å². The maximum Gasteiger partial charge on any atom is 0.287 e. The third-order valence-corrected chi connectivity index (χ3v) is 10.6. The monoisotopic (exact) mass is 672 g/mol. The minimum absolute atomic E-state index is 0.0205. The summed E-state index contributed by atoms with van der Waals surface area (Å²) >= 11 is 6.20. The van der Waals surface area contributed by atoms with Gasteiger partial charge in [-0.15, -0.1) is 0 Å². The molecule has 49 heavy (non-hydrogen) atoms.